The number of hydrogen-bond donors (Lipinski definition) is 4. The number of thioether (sulfide) groups is 1. The van der Waals surface area contributed by atoms with Crippen molar-refractivity contribution in [3.63, 3.8) is 0 Å². The molecule has 39 heavy (non-hydrogen) atoms. The van der Waals surface area contributed by atoms with Gasteiger partial charge in [-0.3, -0.25) is 29.4 Å². The highest BCUT2D eigenvalue weighted by molar-refractivity contribution is 8.01. The van der Waals surface area contributed by atoms with E-state index < -0.39 is 56.7 Å². The lowest BCUT2D eigenvalue weighted by atomic mass is 9.88. The highest BCUT2D eigenvalue weighted by atomic mass is 32.2. The number of carbonyl (C=O) groups is 5. The van der Waals surface area contributed by atoms with Gasteiger partial charge in [-0.15, -0.1) is 23.1 Å². The summed E-state index contributed by atoms with van der Waals surface area (Å²) < 4.78 is 4.04. The Balaban J connectivity index is 1.44. The van der Waals surface area contributed by atoms with E-state index in [2.05, 4.69) is 16.0 Å². The van der Waals surface area contributed by atoms with Crippen LogP contribution in [0.5, 0.6) is 0 Å². The van der Waals surface area contributed by atoms with Gasteiger partial charge >= 0.3 is 12.1 Å². The summed E-state index contributed by atoms with van der Waals surface area (Å²) in [5, 5.41) is 28.9. The summed E-state index contributed by atoms with van der Waals surface area (Å²) >= 11 is 2.30. The van der Waals surface area contributed by atoms with E-state index >= 15 is 0 Å². The average molecular weight is 578 g/mol. The number of hydrogen-bond acceptors (Lipinski definition) is 10. The van der Waals surface area contributed by atoms with Gasteiger partial charge in [-0.05, 0) is 43.0 Å². The average Bonchev–Trinajstić information content (AvgIpc) is 3.49. The zero-order valence-corrected chi connectivity index (χ0v) is 22.1. The van der Waals surface area contributed by atoms with Crippen LogP contribution in [0.25, 0.3) is 0 Å². The molecule has 1 unspecified atom stereocenters. The summed E-state index contributed by atoms with van der Waals surface area (Å²) in [6.45, 7) is 2.93. The molecule has 0 bridgehead atoms. The molecule has 4 amide bonds. The summed E-state index contributed by atoms with van der Waals surface area (Å²) in [5.41, 5.74) is -1.64. The molecule has 206 valence electrons. The molecule has 16 heteroatoms. The van der Waals surface area contributed by atoms with Gasteiger partial charge in [-0.1, -0.05) is 6.07 Å². The Morgan fingerprint density at radius 1 is 1.26 bits per heavy atom. The van der Waals surface area contributed by atoms with Gasteiger partial charge in [0.25, 0.3) is 11.6 Å². The van der Waals surface area contributed by atoms with E-state index in [1.165, 1.54) is 35.6 Å². The van der Waals surface area contributed by atoms with Crippen LogP contribution >= 0.6 is 23.1 Å². The second kappa shape index (κ2) is 10.5. The molecular weight excluding hydrogens is 554 g/mol. The molecule has 2 fully saturated rings. The minimum absolute atomic E-state index is 0.118. The molecule has 0 saturated carbocycles. The van der Waals surface area contributed by atoms with E-state index in [4.69, 9.17) is 4.74 Å². The summed E-state index contributed by atoms with van der Waals surface area (Å²) in [6, 6.07) is 6.34. The normalized spacial score (nSPS) is 23.5. The van der Waals surface area contributed by atoms with Crippen molar-refractivity contribution in [2.75, 3.05) is 0 Å². The van der Waals surface area contributed by atoms with Gasteiger partial charge in [-0.2, -0.15) is 0 Å². The first-order valence-corrected chi connectivity index (χ1v) is 13.1. The van der Waals surface area contributed by atoms with E-state index in [0.717, 1.165) is 16.7 Å². The van der Waals surface area contributed by atoms with E-state index in [-0.39, 0.29) is 18.7 Å². The molecule has 14 nitrogen and oxygen atoms in total. The fraction of sp³-hybridized carbons (Fsp3) is 0.348. The molecule has 3 heterocycles. The Hall–Kier alpha value is -4.18. The van der Waals surface area contributed by atoms with Gasteiger partial charge in [0.15, 0.2) is 0 Å². The Morgan fingerprint density at radius 3 is 2.51 bits per heavy atom. The molecule has 2 aliphatic heterocycles. The number of fused-ring (bicyclic) bond motifs is 1. The second-order valence-corrected chi connectivity index (χ2v) is 11.8. The van der Waals surface area contributed by atoms with Crippen LogP contribution in [-0.2, 0) is 30.5 Å². The summed E-state index contributed by atoms with van der Waals surface area (Å²) in [5.74, 6) is -2.84. The molecule has 4 atom stereocenters. The number of thiophene rings is 1. The Kier molecular flexibility index (Phi) is 7.52. The van der Waals surface area contributed by atoms with Crippen molar-refractivity contribution in [3.05, 3.63) is 62.3 Å². The predicted octanol–water partition coefficient (Wildman–Crippen LogP) is 1.33. The minimum atomic E-state index is -2.00. The van der Waals surface area contributed by atoms with E-state index in [0.29, 0.717) is 10.4 Å². The molecule has 4 rings (SSSR count). The Bertz CT molecular complexity index is 1320. The minimum Gasteiger partial charge on any atom is -0.478 e. The van der Waals surface area contributed by atoms with Crippen LogP contribution in [0.15, 0.2) is 41.8 Å². The maximum Gasteiger partial charge on any atom is 0.408 e. The van der Waals surface area contributed by atoms with E-state index in [1.807, 2.05) is 0 Å². The summed E-state index contributed by atoms with van der Waals surface area (Å²) in [4.78, 5) is 74.0. The summed E-state index contributed by atoms with van der Waals surface area (Å²) in [7, 11) is 0. The lowest BCUT2D eigenvalue weighted by molar-refractivity contribution is -0.384. The van der Waals surface area contributed by atoms with Crippen LogP contribution in [0.3, 0.4) is 0 Å². The monoisotopic (exact) mass is 577 g/mol. The molecular formula is C23H23N5O9S2. The Labute approximate surface area is 229 Å². The van der Waals surface area contributed by atoms with Gasteiger partial charge < -0.3 is 25.8 Å². The summed E-state index contributed by atoms with van der Waals surface area (Å²) in [6.07, 6.45) is -0.725. The van der Waals surface area contributed by atoms with Gasteiger partial charge in [0.1, 0.15) is 24.1 Å². The number of nitro groups is 1. The molecule has 2 aliphatic rings. The van der Waals surface area contributed by atoms with E-state index in [9.17, 15) is 39.2 Å². The number of nitrogens with zero attached hydrogens (tertiary/aromatic N) is 2. The van der Waals surface area contributed by atoms with Crippen LogP contribution in [-0.4, -0.2) is 67.0 Å². The number of carboxylic acids is 1. The second-order valence-electron chi connectivity index (χ2n) is 9.08. The first kappa shape index (κ1) is 27.8. The molecule has 2 aromatic rings. The number of benzene rings is 1. The van der Waals surface area contributed by atoms with Gasteiger partial charge in [0.2, 0.25) is 18.0 Å². The number of ether oxygens (including phenoxy) is 1. The fourth-order valence-electron chi connectivity index (χ4n) is 4.48. The topological polar surface area (TPSA) is 197 Å². The van der Waals surface area contributed by atoms with Crippen molar-refractivity contribution < 1.29 is 38.7 Å². The number of amides is 4. The third-order valence-electron chi connectivity index (χ3n) is 6.44. The van der Waals surface area contributed by atoms with Crippen molar-refractivity contribution in [1.82, 2.24) is 20.9 Å². The number of rotatable bonds is 10. The number of non-ortho nitro benzene ring substituents is 1. The quantitative estimate of drug-likeness (QED) is 0.138. The first-order valence-electron chi connectivity index (χ1n) is 11.4. The molecule has 0 aliphatic carbocycles. The van der Waals surface area contributed by atoms with Crippen LogP contribution < -0.4 is 16.0 Å². The number of carboxylic acid groups (broad SMARTS) is 1. The van der Waals surface area contributed by atoms with Crippen molar-refractivity contribution in [1.29, 1.82) is 0 Å². The fourth-order valence-corrected chi connectivity index (χ4v) is 6.96. The van der Waals surface area contributed by atoms with Crippen molar-refractivity contribution >= 4 is 59.1 Å². The molecule has 0 spiro atoms. The van der Waals surface area contributed by atoms with Crippen LogP contribution in [0, 0.1) is 10.1 Å². The molecule has 0 radical (unpaired) electrons. The first-order chi connectivity index (χ1) is 18.4. The lowest BCUT2D eigenvalue weighted by Crippen LogP contribution is -2.79. The Morgan fingerprint density at radius 2 is 1.95 bits per heavy atom. The maximum atomic E-state index is 13.3. The van der Waals surface area contributed by atoms with Gasteiger partial charge in [0, 0.05) is 17.0 Å². The van der Waals surface area contributed by atoms with Gasteiger partial charge in [0.05, 0.1) is 9.67 Å². The highest BCUT2D eigenvalue weighted by Crippen LogP contribution is 2.55. The standard InChI is InChI=1S/C23H23N5O9S2/c1-22(2)23(20(32)33,24-11-29)27-18(31)16(19(27)39-22)25-17(30)15(14-4-3-9-38-14)26-21(34)37-10-12-5-7-13(8-6-12)28(35)36/h3-9,11,15-16,19H,10H2,1-2H3,(H,24,29)(H,25,30)(H,26,34)(H,32,33)/t15?,16-,19+,23-/m0/s1. The number of nitrogens with one attached hydrogen (secondary N) is 3. The van der Waals surface area contributed by atoms with Gasteiger partial charge in [-0.25, -0.2) is 9.59 Å². The number of alkyl carbamates (subject to hydrolysis) is 1. The third kappa shape index (κ3) is 4.87. The van der Waals surface area contributed by atoms with Crippen molar-refractivity contribution in [3.8, 4) is 0 Å². The lowest BCUT2D eigenvalue weighted by Gasteiger charge is -2.49. The largest absolute Gasteiger partial charge is 0.478 e. The van der Waals surface area contributed by atoms with Crippen molar-refractivity contribution in [2.45, 2.75) is 48.3 Å². The zero-order chi connectivity index (χ0) is 28.5. The molecule has 1 aromatic carbocycles. The molecule has 1 aromatic heterocycles. The molecule has 2 saturated heterocycles. The van der Waals surface area contributed by atoms with Crippen LogP contribution in [0.1, 0.15) is 30.3 Å². The van der Waals surface area contributed by atoms with Crippen molar-refractivity contribution in [2.24, 2.45) is 0 Å². The molecule has 4 N–H and O–H groups in total. The number of aliphatic carboxylic acids is 1. The van der Waals surface area contributed by atoms with Crippen LogP contribution in [0.2, 0.25) is 0 Å². The maximum absolute atomic E-state index is 13.3. The van der Waals surface area contributed by atoms with E-state index in [1.54, 1.807) is 31.4 Å². The SMILES string of the molecule is CC1(C)S[C@@H]2[C@@H](NC(=O)C(NC(=O)OCc3ccc([N+](=O)[O-])cc3)c3cccs3)C(=O)N2[C@@]1(NC=O)C(=O)O. The zero-order valence-electron chi connectivity index (χ0n) is 20.5. The smallest absolute Gasteiger partial charge is 0.408 e. The highest BCUT2D eigenvalue weighted by Gasteiger charge is 2.73. The number of nitro benzene ring substituents is 1. The number of carbonyl (C=O) groups excluding carboxylic acids is 4. The van der Waals surface area contributed by atoms with Crippen LogP contribution in [0.4, 0.5) is 10.5 Å². The predicted molar refractivity (Wildman–Crippen MR) is 137 cm³/mol. The third-order valence-corrected chi connectivity index (χ3v) is 8.98. The number of β-lactam (4-membered cyclic amide) rings is 1.